The monoisotopic (exact) mass is 238 g/mol. The summed E-state index contributed by atoms with van der Waals surface area (Å²) in [6.07, 6.45) is 0. The summed E-state index contributed by atoms with van der Waals surface area (Å²) in [5.74, 6) is 0.383. The Morgan fingerprint density at radius 3 is 2.81 bits per heavy atom. The number of benzene rings is 1. The van der Waals surface area contributed by atoms with Gasteiger partial charge in [0.15, 0.2) is 0 Å². The SMILES string of the molecule is CC(C)NC(C#N)CSc1cccc(F)c1. The lowest BCUT2D eigenvalue weighted by Gasteiger charge is -2.13. The van der Waals surface area contributed by atoms with Crippen LogP contribution in [0, 0.1) is 17.1 Å². The number of thioether (sulfide) groups is 1. The van der Waals surface area contributed by atoms with E-state index in [2.05, 4.69) is 11.4 Å². The summed E-state index contributed by atoms with van der Waals surface area (Å²) >= 11 is 1.48. The minimum atomic E-state index is -0.240. The number of nitriles is 1. The van der Waals surface area contributed by atoms with Crippen LogP contribution in [0.3, 0.4) is 0 Å². The van der Waals surface area contributed by atoms with Crippen LogP contribution in [0.2, 0.25) is 0 Å². The molecule has 0 aliphatic heterocycles. The van der Waals surface area contributed by atoms with Crippen LogP contribution in [0.5, 0.6) is 0 Å². The Morgan fingerprint density at radius 2 is 2.25 bits per heavy atom. The fraction of sp³-hybridized carbons (Fsp3) is 0.417. The van der Waals surface area contributed by atoms with Crippen LogP contribution in [0.1, 0.15) is 13.8 Å². The molecule has 1 unspecified atom stereocenters. The zero-order valence-corrected chi connectivity index (χ0v) is 10.2. The molecule has 0 spiro atoms. The van der Waals surface area contributed by atoms with Crippen molar-refractivity contribution < 1.29 is 4.39 Å². The second kappa shape index (κ2) is 6.51. The van der Waals surface area contributed by atoms with Crippen LogP contribution in [0.15, 0.2) is 29.2 Å². The van der Waals surface area contributed by atoms with Gasteiger partial charge in [0.1, 0.15) is 11.9 Å². The van der Waals surface area contributed by atoms with Crippen molar-refractivity contribution in [3.63, 3.8) is 0 Å². The van der Waals surface area contributed by atoms with Crippen molar-refractivity contribution in [2.24, 2.45) is 0 Å². The molecule has 0 saturated carbocycles. The molecule has 1 rings (SSSR count). The quantitative estimate of drug-likeness (QED) is 0.801. The topological polar surface area (TPSA) is 35.8 Å². The molecule has 0 heterocycles. The van der Waals surface area contributed by atoms with Crippen molar-refractivity contribution in [3.8, 4) is 6.07 Å². The van der Waals surface area contributed by atoms with Crippen molar-refractivity contribution >= 4 is 11.8 Å². The van der Waals surface area contributed by atoms with E-state index in [1.807, 2.05) is 19.9 Å². The Labute approximate surface area is 99.9 Å². The van der Waals surface area contributed by atoms with E-state index >= 15 is 0 Å². The second-order valence-corrected chi connectivity index (χ2v) is 4.86. The summed E-state index contributed by atoms with van der Waals surface area (Å²) in [6, 6.07) is 8.68. The third-order valence-electron chi connectivity index (χ3n) is 1.90. The van der Waals surface area contributed by atoms with Crippen LogP contribution < -0.4 is 5.32 Å². The first-order valence-electron chi connectivity index (χ1n) is 5.16. The van der Waals surface area contributed by atoms with E-state index in [1.54, 1.807) is 6.07 Å². The molecule has 86 valence electrons. The second-order valence-electron chi connectivity index (χ2n) is 3.77. The number of hydrogen-bond donors (Lipinski definition) is 1. The van der Waals surface area contributed by atoms with Crippen molar-refractivity contribution in [2.45, 2.75) is 30.8 Å². The highest BCUT2D eigenvalue weighted by Crippen LogP contribution is 2.19. The minimum Gasteiger partial charge on any atom is -0.299 e. The maximum atomic E-state index is 12.9. The number of nitrogens with one attached hydrogen (secondary N) is 1. The number of rotatable bonds is 5. The average Bonchev–Trinajstić information content (AvgIpc) is 2.24. The maximum Gasteiger partial charge on any atom is 0.124 e. The third kappa shape index (κ3) is 4.65. The van der Waals surface area contributed by atoms with Gasteiger partial charge in [-0.05, 0) is 32.0 Å². The van der Waals surface area contributed by atoms with Crippen molar-refractivity contribution in [1.82, 2.24) is 5.32 Å². The summed E-state index contributed by atoms with van der Waals surface area (Å²) in [5.41, 5.74) is 0. The van der Waals surface area contributed by atoms with E-state index < -0.39 is 0 Å². The molecule has 1 aromatic carbocycles. The number of hydrogen-bond acceptors (Lipinski definition) is 3. The molecule has 1 N–H and O–H groups in total. The van der Waals surface area contributed by atoms with E-state index in [9.17, 15) is 4.39 Å². The van der Waals surface area contributed by atoms with Crippen LogP contribution in [0.25, 0.3) is 0 Å². The molecule has 2 nitrogen and oxygen atoms in total. The minimum absolute atomic E-state index is 0.201. The summed E-state index contributed by atoms with van der Waals surface area (Å²) in [4.78, 5) is 0.853. The highest BCUT2D eigenvalue weighted by atomic mass is 32.2. The Morgan fingerprint density at radius 1 is 1.50 bits per heavy atom. The molecule has 1 atom stereocenters. The van der Waals surface area contributed by atoms with Gasteiger partial charge in [0, 0.05) is 16.7 Å². The van der Waals surface area contributed by atoms with E-state index in [0.717, 1.165) is 4.90 Å². The summed E-state index contributed by atoms with van der Waals surface area (Å²) in [5, 5.41) is 12.0. The van der Waals surface area contributed by atoms with Crippen molar-refractivity contribution in [3.05, 3.63) is 30.1 Å². The van der Waals surface area contributed by atoms with Gasteiger partial charge in [0.25, 0.3) is 0 Å². The molecule has 4 heteroatoms. The molecule has 0 radical (unpaired) electrons. The summed E-state index contributed by atoms with van der Waals surface area (Å²) in [6.45, 7) is 3.99. The Hall–Kier alpha value is -1.05. The van der Waals surface area contributed by atoms with E-state index in [4.69, 9.17) is 5.26 Å². The lowest BCUT2D eigenvalue weighted by atomic mass is 10.3. The molecular formula is C12H15FN2S. The molecule has 0 aliphatic carbocycles. The fourth-order valence-corrected chi connectivity index (χ4v) is 2.16. The van der Waals surface area contributed by atoms with Gasteiger partial charge in [-0.2, -0.15) is 5.26 Å². The Bertz CT molecular complexity index is 374. The molecule has 0 saturated heterocycles. The lowest BCUT2D eigenvalue weighted by molar-refractivity contribution is 0.560. The molecule has 0 bridgehead atoms. The van der Waals surface area contributed by atoms with Crippen LogP contribution >= 0.6 is 11.8 Å². The normalized spacial score (nSPS) is 12.4. The fourth-order valence-electron chi connectivity index (χ4n) is 1.26. The summed E-state index contributed by atoms with van der Waals surface area (Å²) in [7, 11) is 0. The predicted octanol–water partition coefficient (Wildman–Crippen LogP) is 2.81. The van der Waals surface area contributed by atoms with Gasteiger partial charge >= 0.3 is 0 Å². The van der Waals surface area contributed by atoms with Gasteiger partial charge in [-0.25, -0.2) is 4.39 Å². The Balaban J connectivity index is 2.47. The van der Waals surface area contributed by atoms with Crippen LogP contribution in [-0.4, -0.2) is 17.8 Å². The van der Waals surface area contributed by atoms with Crippen molar-refractivity contribution in [1.29, 1.82) is 5.26 Å². The van der Waals surface area contributed by atoms with Gasteiger partial charge in [0.2, 0.25) is 0 Å². The third-order valence-corrected chi connectivity index (χ3v) is 2.99. The zero-order valence-electron chi connectivity index (χ0n) is 9.40. The number of halogens is 1. The largest absolute Gasteiger partial charge is 0.299 e. The van der Waals surface area contributed by atoms with Crippen LogP contribution in [0.4, 0.5) is 4.39 Å². The van der Waals surface area contributed by atoms with E-state index in [0.29, 0.717) is 5.75 Å². The van der Waals surface area contributed by atoms with Gasteiger partial charge in [-0.1, -0.05) is 6.07 Å². The maximum absolute atomic E-state index is 12.9. The highest BCUT2D eigenvalue weighted by molar-refractivity contribution is 7.99. The molecular weight excluding hydrogens is 223 g/mol. The van der Waals surface area contributed by atoms with Gasteiger partial charge in [-0.3, -0.25) is 5.32 Å². The van der Waals surface area contributed by atoms with Gasteiger partial charge in [0.05, 0.1) is 6.07 Å². The first-order chi connectivity index (χ1) is 7.61. The molecule has 0 fully saturated rings. The number of nitrogens with zero attached hydrogens (tertiary/aromatic N) is 1. The Kier molecular flexibility index (Phi) is 5.30. The lowest BCUT2D eigenvalue weighted by Crippen LogP contribution is -2.35. The van der Waals surface area contributed by atoms with Crippen molar-refractivity contribution in [2.75, 3.05) is 5.75 Å². The first kappa shape index (κ1) is 13.0. The smallest absolute Gasteiger partial charge is 0.124 e. The first-order valence-corrected chi connectivity index (χ1v) is 6.14. The standard InChI is InChI=1S/C12H15FN2S/c1-9(2)15-11(7-14)8-16-12-5-3-4-10(13)6-12/h3-6,9,11,15H,8H2,1-2H3. The highest BCUT2D eigenvalue weighted by Gasteiger charge is 2.09. The van der Waals surface area contributed by atoms with Crippen LogP contribution in [-0.2, 0) is 0 Å². The molecule has 1 aromatic rings. The van der Waals surface area contributed by atoms with Gasteiger partial charge < -0.3 is 0 Å². The average molecular weight is 238 g/mol. The zero-order chi connectivity index (χ0) is 12.0. The summed E-state index contributed by atoms with van der Waals surface area (Å²) < 4.78 is 12.9. The predicted molar refractivity (Wildman–Crippen MR) is 64.8 cm³/mol. The van der Waals surface area contributed by atoms with E-state index in [-0.39, 0.29) is 17.9 Å². The molecule has 0 aliphatic rings. The van der Waals surface area contributed by atoms with Gasteiger partial charge in [-0.15, -0.1) is 11.8 Å². The molecule has 16 heavy (non-hydrogen) atoms. The molecule has 0 aromatic heterocycles. The molecule has 0 amide bonds. The van der Waals surface area contributed by atoms with E-state index in [1.165, 1.54) is 23.9 Å².